The maximum Gasteiger partial charge on any atom is 0.169 e. The Balaban J connectivity index is 2.80. The van der Waals surface area contributed by atoms with Gasteiger partial charge in [0.2, 0.25) is 0 Å². The standard InChI is InChI=1S/C8H6B2N2O2/c9-8(10,13)7-6-4(11)2-1-3-5(6)14-12-7/h1-3,13H,11H2. The zero-order valence-corrected chi connectivity index (χ0v) is 7.27. The highest BCUT2D eigenvalue weighted by molar-refractivity contribution is 6.39. The van der Waals surface area contributed by atoms with Crippen molar-refractivity contribution in [3.05, 3.63) is 23.9 Å². The summed E-state index contributed by atoms with van der Waals surface area (Å²) < 4.78 is 4.91. The van der Waals surface area contributed by atoms with Crippen LogP contribution in [0.4, 0.5) is 5.69 Å². The normalized spacial score (nSPS) is 12.1. The zero-order valence-electron chi connectivity index (χ0n) is 7.27. The van der Waals surface area contributed by atoms with Gasteiger partial charge in [-0.15, -0.1) is 0 Å². The molecule has 0 aliphatic heterocycles. The minimum absolute atomic E-state index is 0.0330. The lowest BCUT2D eigenvalue weighted by Gasteiger charge is -2.14. The SMILES string of the molecule is [B]C([B])(O)c1noc2cccc(N)c12. The highest BCUT2D eigenvalue weighted by Gasteiger charge is 2.23. The van der Waals surface area contributed by atoms with Gasteiger partial charge in [-0.05, 0) is 12.1 Å². The fourth-order valence-corrected chi connectivity index (χ4v) is 1.29. The highest BCUT2D eigenvalue weighted by Crippen LogP contribution is 2.28. The maximum atomic E-state index is 9.38. The first-order chi connectivity index (χ1) is 6.50. The Morgan fingerprint density at radius 2 is 2.14 bits per heavy atom. The number of nitrogens with two attached hydrogens (primary N) is 1. The first kappa shape index (κ1) is 9.15. The van der Waals surface area contributed by atoms with Crippen LogP contribution in [0.15, 0.2) is 22.7 Å². The first-order valence-electron chi connectivity index (χ1n) is 3.94. The van der Waals surface area contributed by atoms with Crippen molar-refractivity contribution in [1.82, 2.24) is 5.16 Å². The average molecular weight is 184 g/mol. The van der Waals surface area contributed by atoms with Crippen LogP contribution in [0.5, 0.6) is 0 Å². The molecule has 0 saturated carbocycles. The fourth-order valence-electron chi connectivity index (χ4n) is 1.29. The predicted octanol–water partition coefficient (Wildman–Crippen LogP) is -0.150. The largest absolute Gasteiger partial charge is 0.403 e. The van der Waals surface area contributed by atoms with Crippen molar-refractivity contribution in [2.75, 3.05) is 5.73 Å². The van der Waals surface area contributed by atoms with Crippen LogP contribution >= 0.6 is 0 Å². The molecule has 1 heterocycles. The molecule has 0 saturated heterocycles. The van der Waals surface area contributed by atoms with Crippen molar-refractivity contribution >= 4 is 32.3 Å². The van der Waals surface area contributed by atoms with E-state index in [1.165, 1.54) is 0 Å². The van der Waals surface area contributed by atoms with E-state index in [1.54, 1.807) is 18.2 Å². The second kappa shape index (κ2) is 2.78. The number of benzene rings is 1. The third-order valence-corrected chi connectivity index (χ3v) is 1.91. The summed E-state index contributed by atoms with van der Waals surface area (Å²) in [6.45, 7) is 0. The van der Waals surface area contributed by atoms with Gasteiger partial charge in [0, 0.05) is 11.1 Å². The van der Waals surface area contributed by atoms with Crippen LogP contribution in [0.1, 0.15) is 5.69 Å². The molecule has 66 valence electrons. The minimum atomic E-state index is -2.04. The summed E-state index contributed by atoms with van der Waals surface area (Å²) in [6.07, 6.45) is 0. The first-order valence-corrected chi connectivity index (χ1v) is 3.94. The molecule has 2 aromatic rings. The van der Waals surface area contributed by atoms with Gasteiger partial charge in [-0.25, -0.2) is 0 Å². The van der Waals surface area contributed by atoms with Gasteiger partial charge in [0.25, 0.3) is 0 Å². The van der Waals surface area contributed by atoms with Crippen LogP contribution in [-0.2, 0) is 5.40 Å². The minimum Gasteiger partial charge on any atom is -0.403 e. The molecular formula is C8H6B2N2O2. The van der Waals surface area contributed by atoms with E-state index in [0.717, 1.165) is 0 Å². The Bertz CT molecular complexity index is 476. The number of anilines is 1. The smallest absolute Gasteiger partial charge is 0.169 e. The molecule has 3 N–H and O–H groups in total. The van der Waals surface area contributed by atoms with E-state index in [4.69, 9.17) is 25.9 Å². The van der Waals surface area contributed by atoms with Gasteiger partial charge >= 0.3 is 0 Å². The Hall–Kier alpha value is -1.42. The van der Waals surface area contributed by atoms with E-state index in [2.05, 4.69) is 5.16 Å². The molecule has 0 atom stereocenters. The van der Waals surface area contributed by atoms with Crippen molar-refractivity contribution in [3.63, 3.8) is 0 Å². The third kappa shape index (κ3) is 1.28. The van der Waals surface area contributed by atoms with Gasteiger partial charge in [0.1, 0.15) is 21.4 Å². The second-order valence-electron chi connectivity index (χ2n) is 3.08. The number of nitrogen functional groups attached to an aromatic ring is 1. The summed E-state index contributed by atoms with van der Waals surface area (Å²) in [6, 6.07) is 5.02. The molecule has 1 aromatic heterocycles. The lowest BCUT2D eigenvalue weighted by Crippen LogP contribution is -2.26. The van der Waals surface area contributed by atoms with Crippen LogP contribution < -0.4 is 5.73 Å². The van der Waals surface area contributed by atoms with Crippen LogP contribution in [-0.4, -0.2) is 26.0 Å². The lowest BCUT2D eigenvalue weighted by atomic mass is 9.63. The van der Waals surface area contributed by atoms with E-state index < -0.39 is 5.40 Å². The summed E-state index contributed by atoms with van der Waals surface area (Å²) >= 11 is 0. The van der Waals surface area contributed by atoms with Gasteiger partial charge < -0.3 is 15.4 Å². The van der Waals surface area contributed by atoms with Crippen LogP contribution in [0, 0.1) is 0 Å². The van der Waals surface area contributed by atoms with E-state index in [1.807, 2.05) is 0 Å². The summed E-state index contributed by atoms with van der Waals surface area (Å²) in [7, 11) is 10.6. The molecular weight excluding hydrogens is 178 g/mol. The summed E-state index contributed by atoms with van der Waals surface area (Å²) in [5, 5.41) is 11.4. The Kier molecular flexibility index (Phi) is 1.82. The van der Waals surface area contributed by atoms with E-state index in [9.17, 15) is 5.11 Å². The van der Waals surface area contributed by atoms with E-state index in [0.29, 0.717) is 16.7 Å². The third-order valence-electron chi connectivity index (χ3n) is 1.91. The molecule has 0 aliphatic rings. The Labute approximate surface area is 82.9 Å². The van der Waals surface area contributed by atoms with Crippen molar-refractivity contribution in [2.45, 2.75) is 5.40 Å². The monoisotopic (exact) mass is 184 g/mol. The van der Waals surface area contributed by atoms with Crippen molar-refractivity contribution in [1.29, 1.82) is 0 Å². The molecule has 0 fully saturated rings. The number of nitrogens with zero attached hydrogens (tertiary/aromatic N) is 1. The molecule has 4 nitrogen and oxygen atoms in total. The molecule has 6 heteroatoms. The average Bonchev–Trinajstić information content (AvgIpc) is 2.47. The van der Waals surface area contributed by atoms with Crippen LogP contribution in [0.3, 0.4) is 0 Å². The number of rotatable bonds is 1. The van der Waals surface area contributed by atoms with Crippen LogP contribution in [0.2, 0.25) is 0 Å². The van der Waals surface area contributed by atoms with Crippen LogP contribution in [0.25, 0.3) is 11.0 Å². The van der Waals surface area contributed by atoms with Gasteiger partial charge in [0.05, 0.1) is 5.39 Å². The number of hydrogen-bond acceptors (Lipinski definition) is 4. The Morgan fingerprint density at radius 1 is 1.43 bits per heavy atom. The quantitative estimate of drug-likeness (QED) is 0.477. The number of fused-ring (bicyclic) bond motifs is 1. The molecule has 4 radical (unpaired) electrons. The maximum absolute atomic E-state index is 9.38. The van der Waals surface area contributed by atoms with Gasteiger partial charge in [0.15, 0.2) is 5.58 Å². The van der Waals surface area contributed by atoms with E-state index >= 15 is 0 Å². The lowest BCUT2D eigenvalue weighted by molar-refractivity contribution is 0.206. The molecule has 1 aromatic carbocycles. The molecule has 0 spiro atoms. The van der Waals surface area contributed by atoms with Crippen molar-refractivity contribution in [3.8, 4) is 0 Å². The molecule has 0 amide bonds. The summed E-state index contributed by atoms with van der Waals surface area (Å²) in [5.41, 5.74) is 6.56. The van der Waals surface area contributed by atoms with Crippen molar-refractivity contribution < 1.29 is 9.63 Å². The molecule has 0 unspecified atom stereocenters. The van der Waals surface area contributed by atoms with Crippen molar-refractivity contribution in [2.24, 2.45) is 0 Å². The summed E-state index contributed by atoms with van der Waals surface area (Å²) in [5.74, 6) is 0. The van der Waals surface area contributed by atoms with Gasteiger partial charge in [-0.3, -0.25) is 0 Å². The topological polar surface area (TPSA) is 72.3 Å². The molecule has 2 rings (SSSR count). The van der Waals surface area contributed by atoms with Gasteiger partial charge in [-0.1, -0.05) is 11.2 Å². The molecule has 0 aliphatic carbocycles. The molecule has 14 heavy (non-hydrogen) atoms. The number of aliphatic hydroxyl groups is 1. The highest BCUT2D eigenvalue weighted by atomic mass is 16.5. The number of aromatic nitrogens is 1. The van der Waals surface area contributed by atoms with Gasteiger partial charge in [-0.2, -0.15) is 0 Å². The zero-order chi connectivity index (χ0) is 10.3. The fraction of sp³-hybridized carbons (Fsp3) is 0.125. The second-order valence-corrected chi connectivity index (χ2v) is 3.08. The van der Waals surface area contributed by atoms with E-state index in [-0.39, 0.29) is 5.69 Å². The molecule has 0 bridgehead atoms. The predicted molar refractivity (Wildman–Crippen MR) is 53.8 cm³/mol. The number of hydrogen-bond donors (Lipinski definition) is 2. The summed E-state index contributed by atoms with van der Waals surface area (Å²) in [4.78, 5) is 0. The Morgan fingerprint density at radius 3 is 2.79 bits per heavy atom.